The van der Waals surface area contributed by atoms with Gasteiger partial charge in [-0.3, -0.25) is 0 Å². The highest BCUT2D eigenvalue weighted by Gasteiger charge is 2.28. The summed E-state index contributed by atoms with van der Waals surface area (Å²) in [4.78, 5) is 0. The van der Waals surface area contributed by atoms with Gasteiger partial charge in [0.1, 0.15) is 0 Å². The zero-order chi connectivity index (χ0) is 13.8. The Morgan fingerprint density at radius 3 is 2.79 bits per heavy atom. The first-order chi connectivity index (χ1) is 9.13. The molecular weight excluding hydrogens is 243 g/mol. The standard InChI is InChI=1S/C16H23FO2/c1-3-11-4-6-13(8-11)15(18)10-12-5-7-16(19-2)14(17)9-12/h5,7,9,11,13,15,18H,3-4,6,8,10H2,1-2H3. The monoisotopic (exact) mass is 266 g/mol. The maximum Gasteiger partial charge on any atom is 0.165 e. The smallest absolute Gasteiger partial charge is 0.165 e. The Morgan fingerprint density at radius 2 is 2.21 bits per heavy atom. The topological polar surface area (TPSA) is 29.5 Å². The second-order valence-corrected chi connectivity index (χ2v) is 5.59. The highest BCUT2D eigenvalue weighted by Crippen LogP contribution is 2.35. The molecule has 0 aromatic heterocycles. The van der Waals surface area contributed by atoms with Crippen LogP contribution < -0.4 is 4.74 Å². The molecule has 1 aromatic carbocycles. The van der Waals surface area contributed by atoms with Gasteiger partial charge >= 0.3 is 0 Å². The van der Waals surface area contributed by atoms with Crippen molar-refractivity contribution in [1.82, 2.24) is 0 Å². The van der Waals surface area contributed by atoms with Crippen molar-refractivity contribution in [2.45, 2.75) is 45.1 Å². The predicted octanol–water partition coefficient (Wildman–Crippen LogP) is 3.56. The number of hydrogen-bond donors (Lipinski definition) is 1. The van der Waals surface area contributed by atoms with Crippen LogP contribution in [0.1, 0.15) is 38.2 Å². The van der Waals surface area contributed by atoms with Gasteiger partial charge in [0.2, 0.25) is 0 Å². The number of ether oxygens (including phenoxy) is 1. The maximum absolute atomic E-state index is 13.6. The second-order valence-electron chi connectivity index (χ2n) is 5.59. The van der Waals surface area contributed by atoms with Gasteiger partial charge in [0.15, 0.2) is 11.6 Å². The van der Waals surface area contributed by atoms with E-state index in [0.717, 1.165) is 24.3 Å². The zero-order valence-corrected chi connectivity index (χ0v) is 11.7. The molecule has 2 nitrogen and oxygen atoms in total. The van der Waals surface area contributed by atoms with E-state index in [4.69, 9.17) is 4.74 Å². The molecule has 0 aliphatic heterocycles. The molecule has 19 heavy (non-hydrogen) atoms. The Balaban J connectivity index is 1.95. The number of hydrogen-bond acceptors (Lipinski definition) is 2. The van der Waals surface area contributed by atoms with E-state index in [1.807, 2.05) is 6.07 Å². The highest BCUT2D eigenvalue weighted by molar-refractivity contribution is 5.29. The van der Waals surface area contributed by atoms with Gasteiger partial charge in [0.05, 0.1) is 13.2 Å². The predicted molar refractivity (Wildman–Crippen MR) is 73.8 cm³/mol. The summed E-state index contributed by atoms with van der Waals surface area (Å²) in [5.74, 6) is 1.03. The molecule has 1 N–H and O–H groups in total. The van der Waals surface area contributed by atoms with Gasteiger partial charge in [-0.05, 0) is 48.8 Å². The van der Waals surface area contributed by atoms with E-state index in [0.29, 0.717) is 12.3 Å². The van der Waals surface area contributed by atoms with Crippen molar-refractivity contribution in [3.05, 3.63) is 29.6 Å². The van der Waals surface area contributed by atoms with E-state index in [1.54, 1.807) is 6.07 Å². The highest BCUT2D eigenvalue weighted by atomic mass is 19.1. The lowest BCUT2D eigenvalue weighted by Gasteiger charge is -2.18. The van der Waals surface area contributed by atoms with Crippen LogP contribution in [0.5, 0.6) is 5.75 Å². The molecule has 3 unspecified atom stereocenters. The molecule has 1 aromatic rings. The van der Waals surface area contributed by atoms with E-state index < -0.39 is 0 Å². The SMILES string of the molecule is CCC1CCC(C(O)Cc2ccc(OC)c(F)c2)C1. The van der Waals surface area contributed by atoms with Crippen LogP contribution in [0.4, 0.5) is 4.39 Å². The van der Waals surface area contributed by atoms with Gasteiger partial charge in [-0.15, -0.1) is 0 Å². The summed E-state index contributed by atoms with van der Waals surface area (Å²) in [7, 11) is 1.45. The van der Waals surface area contributed by atoms with Crippen LogP contribution in [0.25, 0.3) is 0 Å². The van der Waals surface area contributed by atoms with Crippen molar-refractivity contribution < 1.29 is 14.2 Å². The third-order valence-corrected chi connectivity index (χ3v) is 4.36. The third-order valence-electron chi connectivity index (χ3n) is 4.36. The van der Waals surface area contributed by atoms with Gasteiger partial charge < -0.3 is 9.84 Å². The Morgan fingerprint density at radius 1 is 1.42 bits per heavy atom. The first kappa shape index (κ1) is 14.3. The Bertz CT molecular complexity index is 419. The van der Waals surface area contributed by atoms with Crippen molar-refractivity contribution in [2.24, 2.45) is 11.8 Å². The van der Waals surface area contributed by atoms with Crippen LogP contribution in [0.15, 0.2) is 18.2 Å². The van der Waals surface area contributed by atoms with Crippen LogP contribution in [0.3, 0.4) is 0 Å². The molecule has 0 amide bonds. The lowest BCUT2D eigenvalue weighted by Crippen LogP contribution is -2.20. The minimum absolute atomic E-state index is 0.255. The summed E-state index contributed by atoms with van der Waals surface area (Å²) in [6.07, 6.45) is 4.79. The van der Waals surface area contributed by atoms with Crippen LogP contribution >= 0.6 is 0 Å². The van der Waals surface area contributed by atoms with Gasteiger partial charge in [0.25, 0.3) is 0 Å². The quantitative estimate of drug-likeness (QED) is 0.883. The lowest BCUT2D eigenvalue weighted by atomic mass is 9.93. The average Bonchev–Trinajstić information content (AvgIpc) is 2.88. The van der Waals surface area contributed by atoms with Crippen LogP contribution in [0.2, 0.25) is 0 Å². The van der Waals surface area contributed by atoms with E-state index in [9.17, 15) is 9.50 Å². The van der Waals surface area contributed by atoms with E-state index in [-0.39, 0.29) is 17.7 Å². The molecule has 0 bridgehead atoms. The number of benzene rings is 1. The van der Waals surface area contributed by atoms with E-state index >= 15 is 0 Å². The van der Waals surface area contributed by atoms with Crippen molar-refractivity contribution in [2.75, 3.05) is 7.11 Å². The summed E-state index contributed by atoms with van der Waals surface area (Å²) in [6, 6.07) is 4.92. The third kappa shape index (κ3) is 3.47. The van der Waals surface area contributed by atoms with Crippen molar-refractivity contribution in [1.29, 1.82) is 0 Å². The van der Waals surface area contributed by atoms with Gasteiger partial charge in [-0.2, -0.15) is 0 Å². The fourth-order valence-corrected chi connectivity index (χ4v) is 3.08. The van der Waals surface area contributed by atoms with E-state index in [1.165, 1.54) is 26.0 Å². The van der Waals surface area contributed by atoms with E-state index in [2.05, 4.69) is 6.92 Å². The number of aliphatic hydroxyl groups is 1. The number of methoxy groups -OCH3 is 1. The molecule has 1 aliphatic carbocycles. The minimum Gasteiger partial charge on any atom is -0.494 e. The fraction of sp³-hybridized carbons (Fsp3) is 0.625. The molecule has 106 valence electrons. The lowest BCUT2D eigenvalue weighted by molar-refractivity contribution is 0.108. The summed E-state index contributed by atoms with van der Waals surface area (Å²) in [5, 5.41) is 10.3. The molecule has 2 rings (SSSR count). The van der Waals surface area contributed by atoms with Gasteiger partial charge in [-0.1, -0.05) is 25.8 Å². The maximum atomic E-state index is 13.6. The average molecular weight is 266 g/mol. The number of halogens is 1. The van der Waals surface area contributed by atoms with Crippen molar-refractivity contribution >= 4 is 0 Å². The molecule has 0 radical (unpaired) electrons. The van der Waals surface area contributed by atoms with Crippen molar-refractivity contribution in [3.63, 3.8) is 0 Å². The first-order valence-corrected chi connectivity index (χ1v) is 7.14. The fourth-order valence-electron chi connectivity index (χ4n) is 3.08. The minimum atomic E-state index is -0.357. The Hall–Kier alpha value is -1.09. The number of aliphatic hydroxyl groups excluding tert-OH is 1. The first-order valence-electron chi connectivity index (χ1n) is 7.14. The van der Waals surface area contributed by atoms with Crippen LogP contribution in [0, 0.1) is 17.7 Å². The molecular formula is C16H23FO2. The van der Waals surface area contributed by atoms with Crippen molar-refractivity contribution in [3.8, 4) is 5.75 Å². The normalized spacial score (nSPS) is 24.4. The zero-order valence-electron chi connectivity index (χ0n) is 11.7. The molecule has 3 heteroatoms. The Kier molecular flexibility index (Phi) is 4.81. The summed E-state index contributed by atoms with van der Waals surface area (Å²) < 4.78 is 18.5. The number of rotatable bonds is 5. The molecule has 1 fully saturated rings. The molecule has 1 saturated carbocycles. The summed E-state index contributed by atoms with van der Waals surface area (Å²) >= 11 is 0. The molecule has 1 aliphatic rings. The second kappa shape index (κ2) is 6.38. The molecule has 0 heterocycles. The molecule has 3 atom stereocenters. The largest absolute Gasteiger partial charge is 0.494 e. The Labute approximate surface area is 114 Å². The molecule has 0 spiro atoms. The van der Waals surface area contributed by atoms with Crippen LogP contribution in [-0.4, -0.2) is 18.3 Å². The van der Waals surface area contributed by atoms with Gasteiger partial charge in [-0.25, -0.2) is 4.39 Å². The van der Waals surface area contributed by atoms with Gasteiger partial charge in [0, 0.05) is 0 Å². The molecule has 0 saturated heterocycles. The summed E-state index contributed by atoms with van der Waals surface area (Å²) in [6.45, 7) is 2.21. The van der Waals surface area contributed by atoms with Crippen LogP contribution in [-0.2, 0) is 6.42 Å². The summed E-state index contributed by atoms with van der Waals surface area (Å²) in [5.41, 5.74) is 0.839.